The highest BCUT2D eigenvalue weighted by Crippen LogP contribution is 2.25. The van der Waals surface area contributed by atoms with Crippen molar-refractivity contribution >= 4 is 19.2 Å². The molecular weight excluding hydrogens is 378 g/mol. The molecule has 1 atom stereocenters. The first kappa shape index (κ1) is 20.2. The number of ether oxygens (including phenoxy) is 1. The lowest BCUT2D eigenvalue weighted by Crippen LogP contribution is -2.22. The Labute approximate surface area is 173 Å². The Balaban J connectivity index is 1.50. The molecule has 0 amide bonds. The van der Waals surface area contributed by atoms with Crippen LogP contribution in [0.3, 0.4) is 0 Å². The van der Waals surface area contributed by atoms with Gasteiger partial charge >= 0.3 is 0 Å². The average Bonchev–Trinajstić information content (AvgIpc) is 3.34. The van der Waals surface area contributed by atoms with E-state index in [4.69, 9.17) is 14.7 Å². The molecule has 4 heterocycles. The van der Waals surface area contributed by atoms with E-state index in [-0.39, 0.29) is 0 Å². The van der Waals surface area contributed by atoms with Gasteiger partial charge in [0.15, 0.2) is 5.65 Å². The van der Waals surface area contributed by atoms with Gasteiger partial charge in [0.1, 0.15) is 12.2 Å². The van der Waals surface area contributed by atoms with E-state index in [1.54, 1.807) is 0 Å². The maximum atomic E-state index is 5.88. The molecule has 6 nitrogen and oxygen atoms in total. The summed E-state index contributed by atoms with van der Waals surface area (Å²) in [5.41, 5.74) is 4.86. The highest BCUT2D eigenvalue weighted by atomic mass is 28.3. The lowest BCUT2D eigenvalue weighted by molar-refractivity contribution is 0.0899. The Hall–Kier alpha value is -2.09. The molecule has 1 N–H and O–H groups in total. The van der Waals surface area contributed by atoms with Gasteiger partial charge in [-0.05, 0) is 56.1 Å². The predicted octanol–water partition coefficient (Wildman–Crippen LogP) is 3.96. The van der Waals surface area contributed by atoms with Gasteiger partial charge in [-0.25, -0.2) is 9.97 Å². The van der Waals surface area contributed by atoms with Gasteiger partial charge < -0.3 is 14.6 Å². The molecule has 1 saturated heterocycles. The van der Waals surface area contributed by atoms with Crippen LogP contribution in [0.5, 0.6) is 0 Å². The zero-order valence-corrected chi connectivity index (χ0v) is 18.7. The molecule has 0 radical (unpaired) electrons. The van der Waals surface area contributed by atoms with Crippen molar-refractivity contribution in [3.63, 3.8) is 0 Å². The van der Waals surface area contributed by atoms with Gasteiger partial charge in [-0.2, -0.15) is 0 Å². The Morgan fingerprint density at radius 1 is 1.24 bits per heavy atom. The van der Waals surface area contributed by atoms with Crippen LogP contribution in [0.25, 0.3) is 22.4 Å². The monoisotopic (exact) mass is 409 g/mol. The number of fused-ring (bicyclic) bond motifs is 1. The van der Waals surface area contributed by atoms with Crippen LogP contribution in [0.15, 0.2) is 36.8 Å². The van der Waals surface area contributed by atoms with Crippen LogP contribution in [-0.2, 0) is 17.9 Å². The van der Waals surface area contributed by atoms with E-state index in [1.807, 2.05) is 35.3 Å². The molecule has 0 aromatic carbocycles. The second-order valence-corrected chi connectivity index (χ2v) is 14.8. The number of hydrogen-bond donors (Lipinski definition) is 1. The molecular formula is C22H31N5OSi. The minimum atomic E-state index is -1.07. The Kier molecular flexibility index (Phi) is 6.08. The van der Waals surface area contributed by atoms with Crippen molar-refractivity contribution in [2.24, 2.45) is 5.92 Å². The molecule has 0 aliphatic carbocycles. The molecule has 0 unspecified atom stereocenters. The highest BCUT2D eigenvalue weighted by Gasteiger charge is 2.19. The van der Waals surface area contributed by atoms with Crippen LogP contribution in [0.4, 0.5) is 0 Å². The fraction of sp³-hybridized carbons (Fsp3) is 0.500. The SMILES string of the molecule is C[Si](C)(C)CCOCn1ccc2nc(-c3cccnc3C[C@@H]3CCNC3)cnc21. The molecule has 3 aromatic heterocycles. The van der Waals surface area contributed by atoms with E-state index >= 15 is 0 Å². The smallest absolute Gasteiger partial charge is 0.160 e. The summed E-state index contributed by atoms with van der Waals surface area (Å²) in [4.78, 5) is 14.2. The average molecular weight is 410 g/mol. The molecule has 3 aromatic rings. The van der Waals surface area contributed by atoms with Gasteiger partial charge in [0.2, 0.25) is 0 Å². The summed E-state index contributed by atoms with van der Waals surface area (Å²) in [7, 11) is -1.07. The fourth-order valence-corrected chi connectivity index (χ4v) is 4.49. The molecule has 29 heavy (non-hydrogen) atoms. The zero-order valence-electron chi connectivity index (χ0n) is 17.7. The van der Waals surface area contributed by atoms with Crippen LogP contribution in [0.2, 0.25) is 25.7 Å². The standard InChI is InChI=1S/C22H31N5OSi/c1-29(2,3)12-11-28-16-27-10-7-19-22(27)25-15-21(26-19)18-5-4-8-24-20(18)13-17-6-9-23-14-17/h4-5,7-8,10,15,17,23H,6,9,11-14,16H2,1-3H3/t17-/m0/s1. The third-order valence-corrected chi connectivity index (χ3v) is 7.21. The van der Waals surface area contributed by atoms with Crippen LogP contribution in [0, 0.1) is 5.92 Å². The second kappa shape index (κ2) is 8.73. The number of pyridine rings is 1. The maximum Gasteiger partial charge on any atom is 0.160 e. The van der Waals surface area contributed by atoms with Crippen molar-refractivity contribution in [1.29, 1.82) is 0 Å². The van der Waals surface area contributed by atoms with Gasteiger partial charge in [-0.15, -0.1) is 0 Å². The van der Waals surface area contributed by atoms with Crippen molar-refractivity contribution in [3.05, 3.63) is 42.5 Å². The first-order valence-electron chi connectivity index (χ1n) is 10.5. The third kappa shape index (κ3) is 5.10. The normalized spacial score (nSPS) is 17.3. The largest absolute Gasteiger partial charge is 0.361 e. The predicted molar refractivity (Wildman–Crippen MR) is 120 cm³/mol. The van der Waals surface area contributed by atoms with E-state index in [2.05, 4.69) is 36.0 Å². The van der Waals surface area contributed by atoms with Crippen LogP contribution in [0.1, 0.15) is 12.1 Å². The highest BCUT2D eigenvalue weighted by molar-refractivity contribution is 6.76. The summed E-state index contributed by atoms with van der Waals surface area (Å²) in [5, 5.41) is 3.44. The topological polar surface area (TPSA) is 64.9 Å². The molecule has 7 heteroatoms. The molecule has 0 spiro atoms. The zero-order chi connectivity index (χ0) is 20.3. The molecule has 1 aliphatic rings. The van der Waals surface area contributed by atoms with E-state index < -0.39 is 8.07 Å². The van der Waals surface area contributed by atoms with Crippen molar-refractivity contribution in [2.45, 2.75) is 45.3 Å². The van der Waals surface area contributed by atoms with Crippen molar-refractivity contribution in [3.8, 4) is 11.3 Å². The summed E-state index contributed by atoms with van der Waals surface area (Å²) < 4.78 is 7.92. The Morgan fingerprint density at radius 2 is 2.14 bits per heavy atom. The van der Waals surface area contributed by atoms with Gasteiger partial charge in [0.25, 0.3) is 0 Å². The molecule has 1 aliphatic heterocycles. The van der Waals surface area contributed by atoms with Crippen LogP contribution >= 0.6 is 0 Å². The number of nitrogens with zero attached hydrogens (tertiary/aromatic N) is 4. The first-order valence-corrected chi connectivity index (χ1v) is 14.2. The molecule has 0 saturated carbocycles. The fourth-order valence-electron chi connectivity index (χ4n) is 3.73. The molecule has 1 fully saturated rings. The minimum Gasteiger partial charge on any atom is -0.361 e. The van der Waals surface area contributed by atoms with Crippen molar-refractivity contribution in [1.82, 2.24) is 24.8 Å². The summed E-state index contributed by atoms with van der Waals surface area (Å²) in [5.74, 6) is 0.648. The van der Waals surface area contributed by atoms with Gasteiger partial charge in [0.05, 0.1) is 17.6 Å². The third-order valence-electron chi connectivity index (χ3n) is 5.50. The number of hydrogen-bond acceptors (Lipinski definition) is 5. The van der Waals surface area contributed by atoms with Crippen molar-refractivity contribution < 1.29 is 4.74 Å². The van der Waals surface area contributed by atoms with E-state index in [0.717, 1.165) is 54.2 Å². The van der Waals surface area contributed by atoms with E-state index in [9.17, 15) is 0 Å². The van der Waals surface area contributed by atoms with Crippen LogP contribution in [-0.4, -0.2) is 47.3 Å². The number of nitrogens with one attached hydrogen (secondary N) is 1. The van der Waals surface area contributed by atoms with E-state index in [0.29, 0.717) is 12.6 Å². The first-order chi connectivity index (χ1) is 14.0. The quantitative estimate of drug-likeness (QED) is 0.451. The van der Waals surface area contributed by atoms with E-state index in [1.165, 1.54) is 12.5 Å². The Bertz CT molecular complexity index is 959. The summed E-state index contributed by atoms with van der Waals surface area (Å²) >= 11 is 0. The maximum absolute atomic E-state index is 5.88. The van der Waals surface area contributed by atoms with Gasteiger partial charge in [0, 0.05) is 32.6 Å². The molecule has 0 bridgehead atoms. The van der Waals surface area contributed by atoms with Gasteiger partial charge in [-0.1, -0.05) is 19.6 Å². The summed E-state index contributed by atoms with van der Waals surface area (Å²) in [6.45, 7) is 10.6. The second-order valence-electron chi connectivity index (χ2n) is 9.16. The lowest BCUT2D eigenvalue weighted by atomic mass is 9.98. The number of rotatable bonds is 8. The van der Waals surface area contributed by atoms with Gasteiger partial charge in [-0.3, -0.25) is 4.98 Å². The minimum absolute atomic E-state index is 0.523. The lowest BCUT2D eigenvalue weighted by Gasteiger charge is -2.15. The summed E-state index contributed by atoms with van der Waals surface area (Å²) in [6, 6.07) is 7.28. The number of aromatic nitrogens is 4. The Morgan fingerprint density at radius 3 is 2.93 bits per heavy atom. The summed E-state index contributed by atoms with van der Waals surface area (Å²) in [6.07, 6.45) is 7.95. The van der Waals surface area contributed by atoms with Crippen molar-refractivity contribution in [2.75, 3.05) is 19.7 Å². The van der Waals surface area contributed by atoms with Crippen LogP contribution < -0.4 is 5.32 Å². The molecule has 4 rings (SSSR count). The molecule has 154 valence electrons.